The Labute approximate surface area is 187 Å². The summed E-state index contributed by atoms with van der Waals surface area (Å²) >= 11 is 1.45. The third-order valence-corrected chi connectivity index (χ3v) is 5.69. The molecule has 0 saturated carbocycles. The summed E-state index contributed by atoms with van der Waals surface area (Å²) in [6.07, 6.45) is 0. The lowest BCUT2D eigenvalue weighted by Gasteiger charge is -2.14. The fourth-order valence-corrected chi connectivity index (χ4v) is 4.18. The van der Waals surface area contributed by atoms with Crippen molar-refractivity contribution in [3.05, 3.63) is 42.0 Å². The van der Waals surface area contributed by atoms with Gasteiger partial charge < -0.3 is 24.1 Å². The first-order chi connectivity index (χ1) is 15.0. The lowest BCUT2D eigenvalue weighted by atomic mass is 10.2. The number of imidazole rings is 1. The number of benzene rings is 2. The summed E-state index contributed by atoms with van der Waals surface area (Å²) in [5.74, 6) is 2.34. The van der Waals surface area contributed by atoms with Gasteiger partial charge in [-0.3, -0.25) is 4.79 Å². The first-order valence-corrected chi connectivity index (χ1v) is 11.1. The number of hydrogen-bond acceptors (Lipinski definition) is 6. The van der Waals surface area contributed by atoms with E-state index in [0.29, 0.717) is 29.7 Å². The molecule has 0 aliphatic carbocycles. The minimum Gasteiger partial charge on any atom is -0.493 e. The molecule has 0 atom stereocenters. The molecule has 31 heavy (non-hydrogen) atoms. The van der Waals surface area contributed by atoms with Gasteiger partial charge in [0.15, 0.2) is 16.7 Å². The molecule has 0 aliphatic rings. The SMILES string of the molecule is COc1cc(CNC(=O)CSc2nc3ccccc3n2CC(C)C)cc(OC)c1OC. The molecular weight excluding hydrogens is 414 g/mol. The van der Waals surface area contributed by atoms with Crippen LogP contribution < -0.4 is 19.5 Å². The van der Waals surface area contributed by atoms with E-state index in [0.717, 1.165) is 28.3 Å². The number of amides is 1. The van der Waals surface area contributed by atoms with Crippen LogP contribution in [0.3, 0.4) is 0 Å². The molecule has 3 aromatic rings. The van der Waals surface area contributed by atoms with Crippen molar-refractivity contribution in [1.29, 1.82) is 0 Å². The third kappa shape index (κ3) is 5.44. The highest BCUT2D eigenvalue weighted by atomic mass is 32.2. The number of fused-ring (bicyclic) bond motifs is 1. The minimum atomic E-state index is -0.0677. The Morgan fingerprint density at radius 2 is 1.77 bits per heavy atom. The van der Waals surface area contributed by atoms with Gasteiger partial charge >= 0.3 is 0 Å². The van der Waals surface area contributed by atoms with Gasteiger partial charge in [-0.1, -0.05) is 37.7 Å². The van der Waals surface area contributed by atoms with Crippen LogP contribution >= 0.6 is 11.8 Å². The van der Waals surface area contributed by atoms with Crippen molar-refractivity contribution < 1.29 is 19.0 Å². The monoisotopic (exact) mass is 443 g/mol. The maximum Gasteiger partial charge on any atom is 0.230 e. The van der Waals surface area contributed by atoms with Gasteiger partial charge in [-0.05, 0) is 35.7 Å². The smallest absolute Gasteiger partial charge is 0.230 e. The Morgan fingerprint density at radius 1 is 1.10 bits per heavy atom. The Hall–Kier alpha value is -2.87. The highest BCUT2D eigenvalue weighted by Crippen LogP contribution is 2.38. The predicted octanol–water partition coefficient (Wildman–Crippen LogP) is 4.13. The molecule has 1 aromatic heterocycles. The van der Waals surface area contributed by atoms with Crippen LogP contribution in [-0.4, -0.2) is 42.5 Å². The van der Waals surface area contributed by atoms with Crippen LogP contribution in [0.5, 0.6) is 17.2 Å². The molecule has 0 fully saturated rings. The molecule has 1 amide bonds. The Balaban J connectivity index is 1.66. The lowest BCUT2D eigenvalue weighted by Crippen LogP contribution is -2.24. The summed E-state index contributed by atoms with van der Waals surface area (Å²) in [5.41, 5.74) is 2.90. The molecule has 7 nitrogen and oxygen atoms in total. The van der Waals surface area contributed by atoms with E-state index in [1.54, 1.807) is 21.3 Å². The van der Waals surface area contributed by atoms with E-state index >= 15 is 0 Å². The molecular formula is C23H29N3O4S. The summed E-state index contributed by atoms with van der Waals surface area (Å²) in [7, 11) is 4.70. The van der Waals surface area contributed by atoms with E-state index in [4.69, 9.17) is 19.2 Å². The molecule has 8 heteroatoms. The molecule has 0 saturated heterocycles. The topological polar surface area (TPSA) is 74.6 Å². The van der Waals surface area contributed by atoms with Gasteiger partial charge in [0.2, 0.25) is 11.7 Å². The average molecular weight is 444 g/mol. The molecule has 1 N–H and O–H groups in total. The van der Waals surface area contributed by atoms with E-state index in [9.17, 15) is 4.79 Å². The van der Waals surface area contributed by atoms with Crippen molar-refractivity contribution in [1.82, 2.24) is 14.9 Å². The van der Waals surface area contributed by atoms with Gasteiger partial charge in [0.25, 0.3) is 0 Å². The normalized spacial score (nSPS) is 11.0. The number of ether oxygens (including phenoxy) is 3. The molecule has 0 unspecified atom stereocenters. The lowest BCUT2D eigenvalue weighted by molar-refractivity contribution is -0.118. The van der Waals surface area contributed by atoms with Gasteiger partial charge in [0.05, 0.1) is 38.1 Å². The second-order valence-corrected chi connectivity index (χ2v) is 8.43. The highest BCUT2D eigenvalue weighted by molar-refractivity contribution is 7.99. The number of nitrogens with zero attached hydrogens (tertiary/aromatic N) is 2. The summed E-state index contributed by atoms with van der Waals surface area (Å²) in [4.78, 5) is 17.2. The van der Waals surface area contributed by atoms with Crippen LogP contribution in [0.2, 0.25) is 0 Å². The largest absolute Gasteiger partial charge is 0.493 e. The van der Waals surface area contributed by atoms with Crippen LogP contribution in [0, 0.1) is 5.92 Å². The van der Waals surface area contributed by atoms with Crippen LogP contribution in [0.4, 0.5) is 0 Å². The minimum absolute atomic E-state index is 0.0677. The number of rotatable bonds is 10. The van der Waals surface area contributed by atoms with E-state index in [-0.39, 0.29) is 11.7 Å². The average Bonchev–Trinajstić information content (AvgIpc) is 3.12. The quantitative estimate of drug-likeness (QED) is 0.475. The second kappa shape index (κ2) is 10.4. The van der Waals surface area contributed by atoms with Crippen LogP contribution in [0.15, 0.2) is 41.6 Å². The van der Waals surface area contributed by atoms with Crippen LogP contribution in [0.1, 0.15) is 19.4 Å². The van der Waals surface area contributed by atoms with Gasteiger partial charge in [-0.2, -0.15) is 0 Å². The predicted molar refractivity (Wildman–Crippen MR) is 123 cm³/mol. The molecule has 0 radical (unpaired) electrons. The summed E-state index contributed by atoms with van der Waals surface area (Å²) in [6.45, 7) is 5.56. The van der Waals surface area contributed by atoms with Gasteiger partial charge in [0.1, 0.15) is 0 Å². The maximum atomic E-state index is 12.5. The van der Waals surface area contributed by atoms with E-state index in [1.165, 1.54) is 11.8 Å². The van der Waals surface area contributed by atoms with Crippen LogP contribution in [-0.2, 0) is 17.9 Å². The van der Waals surface area contributed by atoms with Crippen molar-refractivity contribution in [2.75, 3.05) is 27.1 Å². The standard InChI is InChI=1S/C23H29N3O4S/c1-15(2)13-26-18-9-7-6-8-17(18)25-23(26)31-14-21(27)24-12-16-10-19(28-3)22(30-5)20(11-16)29-4/h6-11,15H,12-14H2,1-5H3,(H,24,27). The summed E-state index contributed by atoms with van der Waals surface area (Å²) in [5, 5.41) is 3.81. The molecule has 0 spiro atoms. The van der Waals surface area contributed by atoms with E-state index < -0.39 is 0 Å². The van der Waals surface area contributed by atoms with E-state index in [1.807, 2.05) is 30.3 Å². The van der Waals surface area contributed by atoms with Gasteiger partial charge in [-0.15, -0.1) is 0 Å². The number of hydrogen-bond donors (Lipinski definition) is 1. The molecule has 166 valence electrons. The fraction of sp³-hybridized carbons (Fsp3) is 0.391. The number of nitrogens with one attached hydrogen (secondary N) is 1. The number of para-hydroxylation sites is 2. The number of carbonyl (C=O) groups is 1. The van der Waals surface area contributed by atoms with E-state index in [2.05, 4.69) is 29.8 Å². The van der Waals surface area contributed by atoms with Crippen molar-refractivity contribution in [3.8, 4) is 17.2 Å². The van der Waals surface area contributed by atoms with Crippen molar-refractivity contribution in [2.24, 2.45) is 5.92 Å². The Kier molecular flexibility index (Phi) is 7.68. The van der Waals surface area contributed by atoms with Gasteiger partial charge in [-0.25, -0.2) is 4.98 Å². The Bertz CT molecular complexity index is 1020. The second-order valence-electron chi connectivity index (χ2n) is 7.49. The number of thioether (sulfide) groups is 1. The number of aromatic nitrogens is 2. The van der Waals surface area contributed by atoms with Crippen molar-refractivity contribution in [2.45, 2.75) is 32.1 Å². The first kappa shape index (κ1) is 22.8. The molecule has 1 heterocycles. The molecule has 3 rings (SSSR count). The van der Waals surface area contributed by atoms with Crippen molar-refractivity contribution >= 4 is 28.7 Å². The van der Waals surface area contributed by atoms with Crippen LogP contribution in [0.25, 0.3) is 11.0 Å². The summed E-state index contributed by atoms with van der Waals surface area (Å²) in [6, 6.07) is 11.7. The van der Waals surface area contributed by atoms with Gasteiger partial charge in [0, 0.05) is 13.1 Å². The third-order valence-electron chi connectivity index (χ3n) is 4.71. The molecule has 0 aliphatic heterocycles. The molecule has 2 aromatic carbocycles. The highest BCUT2D eigenvalue weighted by Gasteiger charge is 2.15. The zero-order valence-electron chi connectivity index (χ0n) is 18.6. The zero-order valence-corrected chi connectivity index (χ0v) is 19.4. The maximum absolute atomic E-state index is 12.5. The molecule has 0 bridgehead atoms. The van der Waals surface area contributed by atoms with Crippen molar-refractivity contribution in [3.63, 3.8) is 0 Å². The fourth-order valence-electron chi connectivity index (χ4n) is 3.32. The summed E-state index contributed by atoms with van der Waals surface area (Å²) < 4.78 is 18.3. The number of carbonyl (C=O) groups excluding carboxylic acids is 1. The zero-order chi connectivity index (χ0) is 22.4. The Morgan fingerprint density at radius 3 is 2.39 bits per heavy atom. The number of methoxy groups -OCH3 is 3. The first-order valence-electron chi connectivity index (χ1n) is 10.1.